The Morgan fingerprint density at radius 1 is 1.13 bits per heavy atom. The summed E-state index contributed by atoms with van der Waals surface area (Å²) < 4.78 is 17.7. The molecule has 0 aliphatic heterocycles. The predicted octanol–water partition coefficient (Wildman–Crippen LogP) is 4.94. The number of aromatic nitrogens is 1. The number of nitrogens with zero attached hydrogens (tertiary/aromatic N) is 1. The minimum Gasteiger partial charge on any atom is -0.496 e. The molecule has 1 N–H and O–H groups in total. The number of carbonyl (C=O) groups is 2. The van der Waals surface area contributed by atoms with Crippen LogP contribution in [0, 0.1) is 20.8 Å². The van der Waals surface area contributed by atoms with Crippen LogP contribution in [-0.2, 0) is 16.1 Å². The fraction of sp³-hybridized carbons (Fsp3) is 0.348. The van der Waals surface area contributed by atoms with Gasteiger partial charge in [0.2, 0.25) is 5.91 Å². The summed E-state index contributed by atoms with van der Waals surface area (Å²) in [7, 11) is 1.64. The first-order chi connectivity index (χ1) is 14.8. The number of fused-ring (bicyclic) bond motifs is 1. The van der Waals surface area contributed by atoms with Crippen molar-refractivity contribution < 1.29 is 23.8 Å². The summed E-state index contributed by atoms with van der Waals surface area (Å²) in [4.78, 5) is 28.8. The van der Waals surface area contributed by atoms with Crippen molar-refractivity contribution in [2.24, 2.45) is 0 Å². The standard InChI is InChI=1S/C23H26N2O5S/c1-7-29-23(27)18-16-9-8-12(2)20(21(16)31-22(18)25-15(5)26)30-11-17-14(4)19(28-6)13(3)10-24-17/h8-10H,7,11H2,1-6H3,(H,25,26). The van der Waals surface area contributed by atoms with Crippen LogP contribution in [0.1, 0.15) is 46.6 Å². The van der Waals surface area contributed by atoms with Gasteiger partial charge in [0.15, 0.2) is 0 Å². The average molecular weight is 443 g/mol. The van der Waals surface area contributed by atoms with Crippen LogP contribution < -0.4 is 14.8 Å². The zero-order valence-corrected chi connectivity index (χ0v) is 19.4. The molecule has 3 aromatic rings. The van der Waals surface area contributed by atoms with E-state index in [4.69, 9.17) is 14.2 Å². The molecule has 1 amide bonds. The van der Waals surface area contributed by atoms with Gasteiger partial charge in [-0.05, 0) is 33.3 Å². The van der Waals surface area contributed by atoms with Crippen molar-refractivity contribution in [1.29, 1.82) is 0 Å². The molecule has 0 aliphatic carbocycles. The number of anilines is 1. The molecule has 0 fully saturated rings. The van der Waals surface area contributed by atoms with Crippen molar-refractivity contribution in [3.63, 3.8) is 0 Å². The lowest BCUT2D eigenvalue weighted by Crippen LogP contribution is -2.11. The van der Waals surface area contributed by atoms with Crippen molar-refractivity contribution in [2.45, 2.75) is 41.2 Å². The topological polar surface area (TPSA) is 86.8 Å². The molecular weight excluding hydrogens is 416 g/mol. The zero-order valence-electron chi connectivity index (χ0n) is 18.5. The summed E-state index contributed by atoms with van der Waals surface area (Å²) in [6.45, 7) is 9.46. The number of amides is 1. The maximum atomic E-state index is 12.6. The molecule has 3 rings (SSSR count). The molecule has 164 valence electrons. The van der Waals surface area contributed by atoms with Crippen molar-refractivity contribution in [2.75, 3.05) is 19.0 Å². The number of nitrogens with one attached hydrogen (secondary N) is 1. The van der Waals surface area contributed by atoms with Crippen molar-refractivity contribution in [3.8, 4) is 11.5 Å². The van der Waals surface area contributed by atoms with Gasteiger partial charge in [0, 0.05) is 29.6 Å². The first-order valence-corrected chi connectivity index (χ1v) is 10.7. The minimum absolute atomic E-state index is 0.241. The van der Waals surface area contributed by atoms with Gasteiger partial charge in [0.1, 0.15) is 28.7 Å². The number of hydrogen-bond donors (Lipinski definition) is 1. The summed E-state index contributed by atoms with van der Waals surface area (Å²) in [5.74, 6) is 0.693. The summed E-state index contributed by atoms with van der Waals surface area (Å²) in [6.07, 6.45) is 1.76. The fourth-order valence-corrected chi connectivity index (χ4v) is 4.71. The van der Waals surface area contributed by atoms with Gasteiger partial charge in [0.25, 0.3) is 0 Å². The quantitative estimate of drug-likeness (QED) is 0.521. The Morgan fingerprint density at radius 2 is 1.87 bits per heavy atom. The van der Waals surface area contributed by atoms with Gasteiger partial charge in [-0.25, -0.2) is 4.79 Å². The average Bonchev–Trinajstić information content (AvgIpc) is 3.06. The lowest BCUT2D eigenvalue weighted by Gasteiger charge is -2.14. The van der Waals surface area contributed by atoms with Gasteiger partial charge in [0.05, 0.1) is 24.1 Å². The molecule has 7 nitrogen and oxygen atoms in total. The van der Waals surface area contributed by atoms with Crippen LogP contribution in [0.15, 0.2) is 18.3 Å². The second-order valence-corrected chi connectivity index (χ2v) is 8.15. The smallest absolute Gasteiger partial charge is 0.341 e. The van der Waals surface area contributed by atoms with E-state index in [1.807, 2.05) is 32.9 Å². The van der Waals surface area contributed by atoms with Crippen LogP contribution in [0.3, 0.4) is 0 Å². The number of esters is 1. The van der Waals surface area contributed by atoms with Gasteiger partial charge in [-0.15, -0.1) is 11.3 Å². The number of thiophene rings is 1. The fourth-order valence-electron chi connectivity index (χ4n) is 3.43. The van der Waals surface area contributed by atoms with E-state index in [-0.39, 0.29) is 19.1 Å². The predicted molar refractivity (Wildman–Crippen MR) is 121 cm³/mol. The Morgan fingerprint density at radius 3 is 2.52 bits per heavy atom. The maximum absolute atomic E-state index is 12.6. The zero-order chi connectivity index (χ0) is 22.7. The highest BCUT2D eigenvalue weighted by atomic mass is 32.1. The van der Waals surface area contributed by atoms with Gasteiger partial charge >= 0.3 is 5.97 Å². The van der Waals surface area contributed by atoms with Crippen LogP contribution in [0.5, 0.6) is 11.5 Å². The molecule has 0 unspecified atom stereocenters. The van der Waals surface area contributed by atoms with Crippen LogP contribution in [0.2, 0.25) is 0 Å². The second kappa shape index (κ2) is 9.34. The highest BCUT2D eigenvalue weighted by molar-refractivity contribution is 7.23. The normalized spacial score (nSPS) is 10.8. The molecule has 0 aliphatic rings. The van der Waals surface area contributed by atoms with Gasteiger partial charge in [-0.3, -0.25) is 9.78 Å². The Balaban J connectivity index is 2.06. The molecule has 2 aromatic heterocycles. The molecule has 31 heavy (non-hydrogen) atoms. The van der Waals surface area contributed by atoms with Crippen molar-refractivity contribution >= 4 is 38.3 Å². The molecule has 1 aromatic carbocycles. The Kier molecular flexibility index (Phi) is 6.80. The van der Waals surface area contributed by atoms with E-state index >= 15 is 0 Å². The van der Waals surface area contributed by atoms with E-state index in [9.17, 15) is 9.59 Å². The number of hydrogen-bond acceptors (Lipinski definition) is 7. The Labute approximate surface area is 185 Å². The molecule has 8 heteroatoms. The maximum Gasteiger partial charge on any atom is 0.341 e. The van der Waals surface area contributed by atoms with E-state index in [2.05, 4.69) is 10.3 Å². The second-order valence-electron chi connectivity index (χ2n) is 7.13. The molecule has 0 radical (unpaired) electrons. The molecule has 0 atom stereocenters. The molecule has 0 bridgehead atoms. The first-order valence-electron chi connectivity index (χ1n) is 9.91. The molecule has 0 saturated heterocycles. The molecule has 0 saturated carbocycles. The lowest BCUT2D eigenvalue weighted by atomic mass is 10.1. The third-order valence-electron chi connectivity index (χ3n) is 4.88. The monoisotopic (exact) mass is 442 g/mol. The number of benzene rings is 1. The van der Waals surface area contributed by atoms with E-state index < -0.39 is 5.97 Å². The largest absolute Gasteiger partial charge is 0.496 e. The highest BCUT2D eigenvalue weighted by Crippen LogP contribution is 2.43. The number of pyridine rings is 1. The Hall–Kier alpha value is -3.13. The van der Waals surface area contributed by atoms with Gasteiger partial charge < -0.3 is 19.5 Å². The highest BCUT2D eigenvalue weighted by Gasteiger charge is 2.24. The number of carbonyl (C=O) groups excluding carboxylic acids is 2. The van der Waals surface area contributed by atoms with Gasteiger partial charge in [-0.1, -0.05) is 12.1 Å². The first kappa shape index (κ1) is 22.6. The summed E-state index contributed by atoms with van der Waals surface area (Å²) >= 11 is 1.29. The lowest BCUT2D eigenvalue weighted by molar-refractivity contribution is -0.114. The van der Waals surface area contributed by atoms with Gasteiger partial charge in [-0.2, -0.15) is 0 Å². The summed E-state index contributed by atoms with van der Waals surface area (Å²) in [6, 6.07) is 3.74. The number of ether oxygens (including phenoxy) is 3. The van der Waals surface area contributed by atoms with E-state index in [1.54, 1.807) is 20.2 Å². The SMILES string of the molecule is CCOC(=O)c1c(NC(C)=O)sc2c(OCc3ncc(C)c(OC)c3C)c(C)ccc12. The third kappa shape index (κ3) is 4.49. The van der Waals surface area contributed by atoms with Crippen molar-refractivity contribution in [1.82, 2.24) is 4.98 Å². The van der Waals surface area contributed by atoms with Crippen LogP contribution in [0.4, 0.5) is 5.00 Å². The van der Waals surface area contributed by atoms with E-state index in [0.29, 0.717) is 21.7 Å². The number of aryl methyl sites for hydroxylation is 2. The summed E-state index contributed by atoms with van der Waals surface area (Å²) in [5, 5.41) is 3.87. The molecule has 2 heterocycles. The number of methoxy groups -OCH3 is 1. The number of rotatable bonds is 7. The Bertz CT molecular complexity index is 1150. The van der Waals surface area contributed by atoms with Crippen molar-refractivity contribution in [3.05, 3.63) is 46.3 Å². The van der Waals surface area contributed by atoms with Crippen LogP contribution >= 0.6 is 11.3 Å². The van der Waals surface area contributed by atoms with Crippen LogP contribution in [-0.4, -0.2) is 30.6 Å². The minimum atomic E-state index is -0.479. The molecule has 0 spiro atoms. The van der Waals surface area contributed by atoms with Crippen LogP contribution in [0.25, 0.3) is 10.1 Å². The van der Waals surface area contributed by atoms with E-state index in [1.165, 1.54) is 18.3 Å². The van der Waals surface area contributed by atoms with E-state index in [0.717, 1.165) is 32.8 Å². The third-order valence-corrected chi connectivity index (χ3v) is 6.00. The summed E-state index contributed by atoms with van der Waals surface area (Å²) in [5.41, 5.74) is 3.90. The molecular formula is C23H26N2O5S.